The molecule has 0 amide bonds. The van der Waals surface area contributed by atoms with Gasteiger partial charge < -0.3 is 14.6 Å². The number of carbonyl (C=O) groups is 1. The van der Waals surface area contributed by atoms with Crippen molar-refractivity contribution in [3.8, 4) is 0 Å². The van der Waals surface area contributed by atoms with Crippen LogP contribution in [0.3, 0.4) is 0 Å². The van der Waals surface area contributed by atoms with Gasteiger partial charge in [-0.15, -0.1) is 0 Å². The van der Waals surface area contributed by atoms with Crippen LogP contribution < -0.4 is 0 Å². The van der Waals surface area contributed by atoms with Crippen molar-refractivity contribution < 1.29 is 14.6 Å². The number of carbonyl (C=O) groups excluding carboxylic acids is 1. The number of rotatable bonds is 4. The zero-order valence-electron chi connectivity index (χ0n) is 7.59. The molecule has 0 saturated heterocycles. The van der Waals surface area contributed by atoms with Crippen molar-refractivity contribution in [2.24, 2.45) is 0 Å². The molecule has 0 atom stereocenters. The average molecular weight is 162 g/mol. The predicted octanol–water partition coefficient (Wildman–Crippen LogP) is 1.00. The zero-order valence-corrected chi connectivity index (χ0v) is 7.59. The molecule has 0 aromatic heterocycles. The highest BCUT2D eigenvalue weighted by molar-refractivity contribution is 5.74. The summed E-state index contributed by atoms with van der Waals surface area (Å²) in [5.41, 5.74) is 0. The van der Waals surface area contributed by atoms with E-state index in [1.54, 1.807) is 6.92 Å². The third-order valence-corrected chi connectivity index (χ3v) is 0.938. The Morgan fingerprint density at radius 3 is 2.00 bits per heavy atom. The minimum absolute atomic E-state index is 0.133. The first kappa shape index (κ1) is 13.2. The Balaban J connectivity index is 0. The van der Waals surface area contributed by atoms with E-state index in [4.69, 9.17) is 9.84 Å². The molecule has 3 heteroatoms. The van der Waals surface area contributed by atoms with E-state index >= 15 is 0 Å². The van der Waals surface area contributed by atoms with Gasteiger partial charge in [0.05, 0.1) is 13.2 Å². The maximum atomic E-state index is 9.81. The lowest BCUT2D eigenvalue weighted by Gasteiger charge is -1.91. The molecule has 0 saturated carbocycles. The molecule has 0 aliphatic carbocycles. The molecule has 68 valence electrons. The van der Waals surface area contributed by atoms with Crippen molar-refractivity contribution in [2.45, 2.75) is 27.2 Å². The van der Waals surface area contributed by atoms with E-state index in [1.807, 2.05) is 13.8 Å². The van der Waals surface area contributed by atoms with Crippen LogP contribution in [-0.2, 0) is 9.53 Å². The summed E-state index contributed by atoms with van der Waals surface area (Å²) in [5.74, 6) is 0.255. The first-order valence-corrected chi connectivity index (χ1v) is 3.87. The highest BCUT2D eigenvalue weighted by Crippen LogP contribution is 1.71. The van der Waals surface area contributed by atoms with Gasteiger partial charge in [0.1, 0.15) is 5.78 Å². The topological polar surface area (TPSA) is 46.5 Å². The fourth-order valence-electron chi connectivity index (χ4n) is 0.209. The summed E-state index contributed by atoms with van der Waals surface area (Å²) in [7, 11) is 0. The smallest absolute Gasteiger partial charge is 0.129 e. The maximum Gasteiger partial charge on any atom is 0.129 e. The van der Waals surface area contributed by atoms with E-state index < -0.39 is 0 Å². The summed E-state index contributed by atoms with van der Waals surface area (Å²) in [6.45, 7) is 6.63. The Hall–Kier alpha value is -0.410. The molecule has 0 spiro atoms. The monoisotopic (exact) mass is 162 g/mol. The van der Waals surface area contributed by atoms with Crippen LogP contribution in [0.15, 0.2) is 0 Å². The number of ether oxygens (including phenoxy) is 1. The number of hydrogen-bond acceptors (Lipinski definition) is 3. The van der Waals surface area contributed by atoms with Crippen molar-refractivity contribution in [3.05, 3.63) is 0 Å². The van der Waals surface area contributed by atoms with Crippen molar-refractivity contribution in [1.82, 2.24) is 0 Å². The van der Waals surface area contributed by atoms with Crippen molar-refractivity contribution in [2.75, 3.05) is 19.8 Å². The standard InChI is InChI=1S/C4H10O2.C4H8O/c1-2-6-4-3-5;1-3-4(2)5/h5H,2-4H2,1H3;3H2,1-2H3. The van der Waals surface area contributed by atoms with E-state index in [2.05, 4.69) is 0 Å². The van der Waals surface area contributed by atoms with Gasteiger partial charge in [0, 0.05) is 13.0 Å². The highest BCUT2D eigenvalue weighted by atomic mass is 16.5. The third-order valence-electron chi connectivity index (χ3n) is 0.938. The van der Waals surface area contributed by atoms with Gasteiger partial charge in [-0.25, -0.2) is 0 Å². The second kappa shape index (κ2) is 12.3. The molecule has 0 aromatic rings. The number of hydrogen-bond donors (Lipinski definition) is 1. The summed E-state index contributed by atoms with van der Waals surface area (Å²) in [4.78, 5) is 9.81. The van der Waals surface area contributed by atoms with E-state index in [0.29, 0.717) is 19.6 Å². The fourth-order valence-corrected chi connectivity index (χ4v) is 0.209. The molecule has 0 aromatic carbocycles. The minimum Gasteiger partial charge on any atom is -0.394 e. The molecule has 0 heterocycles. The lowest BCUT2D eigenvalue weighted by molar-refractivity contribution is -0.116. The van der Waals surface area contributed by atoms with Crippen molar-refractivity contribution in [1.29, 1.82) is 0 Å². The van der Waals surface area contributed by atoms with Crippen LogP contribution in [-0.4, -0.2) is 30.7 Å². The van der Waals surface area contributed by atoms with E-state index in [9.17, 15) is 4.79 Å². The first-order chi connectivity index (χ1) is 5.18. The molecule has 3 nitrogen and oxygen atoms in total. The molecule has 11 heavy (non-hydrogen) atoms. The SMILES string of the molecule is CCC(C)=O.CCOCCO. The molecule has 1 N–H and O–H groups in total. The molecule has 0 bridgehead atoms. The Kier molecular flexibility index (Phi) is 14.7. The van der Waals surface area contributed by atoms with Crippen LogP contribution in [0.25, 0.3) is 0 Å². The van der Waals surface area contributed by atoms with Crippen LogP contribution in [0, 0.1) is 0 Å². The lowest BCUT2D eigenvalue weighted by Crippen LogP contribution is -1.96. The minimum atomic E-state index is 0.133. The highest BCUT2D eigenvalue weighted by Gasteiger charge is 1.77. The quantitative estimate of drug-likeness (QED) is 0.627. The molecular formula is C8H18O3. The number of aliphatic hydroxyl groups is 1. The summed E-state index contributed by atoms with van der Waals surface area (Å²) in [6, 6.07) is 0. The molecule has 0 fully saturated rings. The molecular weight excluding hydrogens is 144 g/mol. The van der Waals surface area contributed by atoms with Crippen molar-refractivity contribution >= 4 is 5.78 Å². The average Bonchev–Trinajstić information content (AvgIpc) is 2.02. The van der Waals surface area contributed by atoms with Gasteiger partial charge in [0.25, 0.3) is 0 Å². The van der Waals surface area contributed by atoms with Gasteiger partial charge in [0.15, 0.2) is 0 Å². The van der Waals surface area contributed by atoms with Gasteiger partial charge >= 0.3 is 0 Å². The predicted molar refractivity (Wildman–Crippen MR) is 44.6 cm³/mol. The van der Waals surface area contributed by atoms with Gasteiger partial charge in [-0.2, -0.15) is 0 Å². The van der Waals surface area contributed by atoms with Gasteiger partial charge in [-0.3, -0.25) is 0 Å². The Bertz CT molecular complexity index is 77.4. The summed E-state index contributed by atoms with van der Waals surface area (Å²) < 4.78 is 4.73. The van der Waals surface area contributed by atoms with Gasteiger partial charge in [-0.05, 0) is 13.8 Å². The van der Waals surface area contributed by atoms with Gasteiger partial charge in [-0.1, -0.05) is 6.92 Å². The molecule has 0 rings (SSSR count). The fraction of sp³-hybridized carbons (Fsp3) is 0.875. The van der Waals surface area contributed by atoms with E-state index in [-0.39, 0.29) is 12.4 Å². The third kappa shape index (κ3) is 26.2. The molecule has 0 unspecified atom stereocenters. The molecule has 0 aliphatic rings. The van der Waals surface area contributed by atoms with Crippen LogP contribution in [0.2, 0.25) is 0 Å². The normalized spacial score (nSPS) is 8.36. The van der Waals surface area contributed by atoms with E-state index in [0.717, 1.165) is 0 Å². The first-order valence-electron chi connectivity index (χ1n) is 3.87. The molecule has 0 aliphatic heterocycles. The lowest BCUT2D eigenvalue weighted by atomic mass is 10.4. The van der Waals surface area contributed by atoms with Crippen LogP contribution >= 0.6 is 0 Å². The Morgan fingerprint density at radius 2 is 1.91 bits per heavy atom. The second-order valence-corrected chi connectivity index (χ2v) is 1.98. The number of Topliss-reactive ketones (excluding diaryl/α,β-unsaturated/α-hetero) is 1. The number of aliphatic hydroxyl groups excluding tert-OH is 1. The largest absolute Gasteiger partial charge is 0.394 e. The van der Waals surface area contributed by atoms with Gasteiger partial charge in [0.2, 0.25) is 0 Å². The summed E-state index contributed by atoms with van der Waals surface area (Å²) >= 11 is 0. The second-order valence-electron chi connectivity index (χ2n) is 1.98. The Morgan fingerprint density at radius 1 is 1.45 bits per heavy atom. The van der Waals surface area contributed by atoms with Crippen LogP contribution in [0.4, 0.5) is 0 Å². The van der Waals surface area contributed by atoms with Crippen LogP contribution in [0.5, 0.6) is 0 Å². The zero-order chi connectivity index (χ0) is 9.11. The van der Waals surface area contributed by atoms with E-state index in [1.165, 1.54) is 0 Å². The maximum absolute atomic E-state index is 9.81. The summed E-state index contributed by atoms with van der Waals surface area (Å²) in [5, 5.41) is 8.07. The number of ketones is 1. The summed E-state index contributed by atoms with van der Waals surface area (Å²) in [6.07, 6.45) is 0.667. The molecule has 0 radical (unpaired) electrons. The van der Waals surface area contributed by atoms with Crippen molar-refractivity contribution in [3.63, 3.8) is 0 Å². The Labute approximate surface area is 68.4 Å². The van der Waals surface area contributed by atoms with Crippen LogP contribution in [0.1, 0.15) is 27.2 Å².